The molecule has 0 saturated carbocycles. The molecule has 1 spiro atoms. The number of hydrogen-bond acceptors (Lipinski definition) is 7. The number of rotatable bonds is 4. The lowest BCUT2D eigenvalue weighted by molar-refractivity contribution is -0.148. The lowest BCUT2D eigenvalue weighted by atomic mass is 9.90. The number of carbonyl (C=O) groups excluding carboxylic acids is 1. The molecule has 0 radical (unpaired) electrons. The summed E-state index contributed by atoms with van der Waals surface area (Å²) in [5.41, 5.74) is 1.87. The molecule has 174 valence electrons. The maximum absolute atomic E-state index is 12.3. The SMILES string of the molecule is CCOC(=O)N1CCC2(CC1)Oc1c(OCC)cccc1[C@H]1CC(c3ccccc3O)=NN12. The molecular formula is C25H29N3O5. The van der Waals surface area contributed by atoms with E-state index in [1.807, 2.05) is 38.1 Å². The van der Waals surface area contributed by atoms with Gasteiger partial charge in [-0.25, -0.2) is 9.80 Å². The molecule has 2 aromatic carbocycles. The molecule has 1 N–H and O–H groups in total. The average molecular weight is 452 g/mol. The van der Waals surface area contributed by atoms with Gasteiger partial charge in [0.2, 0.25) is 5.72 Å². The highest BCUT2D eigenvalue weighted by Crippen LogP contribution is 2.53. The highest BCUT2D eigenvalue weighted by molar-refractivity contribution is 6.04. The number of hydrazone groups is 1. The number of hydrogen-bond donors (Lipinski definition) is 1. The van der Waals surface area contributed by atoms with Gasteiger partial charge in [-0.1, -0.05) is 24.3 Å². The summed E-state index contributed by atoms with van der Waals surface area (Å²) in [7, 11) is 0. The van der Waals surface area contributed by atoms with Gasteiger partial charge in [-0.2, -0.15) is 5.10 Å². The molecule has 0 aromatic heterocycles. The Bertz CT molecular complexity index is 1080. The van der Waals surface area contributed by atoms with E-state index < -0.39 is 5.72 Å². The second-order valence-corrected chi connectivity index (χ2v) is 8.47. The normalized spacial score (nSPS) is 20.5. The fourth-order valence-corrected chi connectivity index (χ4v) is 5.00. The van der Waals surface area contributed by atoms with Crippen molar-refractivity contribution in [2.24, 2.45) is 5.10 Å². The van der Waals surface area contributed by atoms with Gasteiger partial charge in [-0.05, 0) is 32.0 Å². The first-order chi connectivity index (χ1) is 16.1. The number of amides is 1. The molecule has 8 nitrogen and oxygen atoms in total. The Balaban J connectivity index is 1.53. The summed E-state index contributed by atoms with van der Waals surface area (Å²) in [6, 6.07) is 13.2. The van der Waals surface area contributed by atoms with Gasteiger partial charge in [-0.15, -0.1) is 0 Å². The quantitative estimate of drug-likeness (QED) is 0.747. The van der Waals surface area contributed by atoms with Gasteiger partial charge in [0.05, 0.1) is 25.0 Å². The Morgan fingerprint density at radius 2 is 1.94 bits per heavy atom. The van der Waals surface area contributed by atoms with Crippen LogP contribution in [0.5, 0.6) is 17.2 Å². The van der Waals surface area contributed by atoms with Gasteiger partial charge in [0, 0.05) is 43.5 Å². The summed E-state index contributed by atoms with van der Waals surface area (Å²) < 4.78 is 17.8. The third-order valence-corrected chi connectivity index (χ3v) is 6.57. The number of para-hydroxylation sites is 2. The van der Waals surface area contributed by atoms with Crippen LogP contribution in [0.25, 0.3) is 0 Å². The van der Waals surface area contributed by atoms with Crippen molar-refractivity contribution in [3.63, 3.8) is 0 Å². The molecule has 8 heteroatoms. The Hall–Kier alpha value is -3.42. The summed E-state index contributed by atoms with van der Waals surface area (Å²) in [5, 5.41) is 17.5. The van der Waals surface area contributed by atoms with Crippen LogP contribution >= 0.6 is 0 Å². The van der Waals surface area contributed by atoms with Crippen molar-refractivity contribution >= 4 is 11.8 Å². The monoisotopic (exact) mass is 451 g/mol. The molecule has 3 heterocycles. The fourth-order valence-electron chi connectivity index (χ4n) is 5.00. The molecule has 0 unspecified atom stereocenters. The summed E-state index contributed by atoms with van der Waals surface area (Å²) in [4.78, 5) is 14.0. The van der Waals surface area contributed by atoms with Gasteiger partial charge in [0.1, 0.15) is 5.75 Å². The predicted molar refractivity (Wildman–Crippen MR) is 123 cm³/mol. The second-order valence-electron chi connectivity index (χ2n) is 8.47. The van der Waals surface area contributed by atoms with Crippen LogP contribution in [0, 0.1) is 0 Å². The maximum Gasteiger partial charge on any atom is 0.409 e. The van der Waals surface area contributed by atoms with Crippen LogP contribution in [0.4, 0.5) is 4.79 Å². The summed E-state index contributed by atoms with van der Waals surface area (Å²) in [6.45, 7) is 5.67. The minimum absolute atomic E-state index is 0.0436. The van der Waals surface area contributed by atoms with E-state index in [-0.39, 0.29) is 17.9 Å². The van der Waals surface area contributed by atoms with Crippen molar-refractivity contribution < 1.29 is 24.1 Å². The third kappa shape index (κ3) is 3.63. The van der Waals surface area contributed by atoms with Crippen molar-refractivity contribution in [2.75, 3.05) is 26.3 Å². The first-order valence-electron chi connectivity index (χ1n) is 11.6. The number of likely N-dealkylation sites (tertiary alicyclic amines) is 1. The van der Waals surface area contributed by atoms with E-state index in [1.165, 1.54) is 0 Å². The van der Waals surface area contributed by atoms with Crippen LogP contribution in [-0.2, 0) is 4.74 Å². The molecule has 0 aliphatic carbocycles. The van der Waals surface area contributed by atoms with Gasteiger partial charge in [0.25, 0.3) is 0 Å². The van der Waals surface area contributed by atoms with Gasteiger partial charge >= 0.3 is 6.09 Å². The van der Waals surface area contributed by atoms with Crippen molar-refractivity contribution in [2.45, 2.75) is 44.9 Å². The molecule has 5 rings (SSSR count). The minimum Gasteiger partial charge on any atom is -0.507 e. The van der Waals surface area contributed by atoms with Crippen molar-refractivity contribution in [1.29, 1.82) is 0 Å². The molecule has 1 fully saturated rings. The fraction of sp³-hybridized carbons (Fsp3) is 0.440. The highest BCUT2D eigenvalue weighted by atomic mass is 16.6. The Kier molecular flexibility index (Phi) is 5.52. The van der Waals surface area contributed by atoms with Crippen LogP contribution in [-0.4, -0.2) is 58.8 Å². The molecule has 33 heavy (non-hydrogen) atoms. The van der Waals surface area contributed by atoms with Crippen LogP contribution < -0.4 is 9.47 Å². The molecule has 1 atom stereocenters. The van der Waals surface area contributed by atoms with Crippen LogP contribution in [0.15, 0.2) is 47.6 Å². The summed E-state index contributed by atoms with van der Waals surface area (Å²) in [5.74, 6) is 1.68. The van der Waals surface area contributed by atoms with E-state index in [0.717, 1.165) is 28.3 Å². The number of piperidine rings is 1. The van der Waals surface area contributed by atoms with Gasteiger partial charge < -0.3 is 24.2 Å². The van der Waals surface area contributed by atoms with Crippen molar-refractivity contribution in [3.8, 4) is 17.2 Å². The van der Waals surface area contributed by atoms with E-state index in [2.05, 4.69) is 11.1 Å². The topological polar surface area (TPSA) is 83.8 Å². The standard InChI is InChI=1S/C25H29N3O5/c1-3-31-22-11-7-9-18-20-16-19(17-8-5-6-10-21(17)29)26-28(20)25(33-23(18)22)12-14-27(15-13-25)24(30)32-4-2/h5-11,20,29H,3-4,12-16H2,1-2H3/t20-/m1/s1. The van der Waals surface area contributed by atoms with Gasteiger partial charge in [0.15, 0.2) is 11.5 Å². The smallest absolute Gasteiger partial charge is 0.409 e. The summed E-state index contributed by atoms with van der Waals surface area (Å²) in [6.07, 6.45) is 1.52. The van der Waals surface area contributed by atoms with Crippen molar-refractivity contribution in [3.05, 3.63) is 53.6 Å². The average Bonchev–Trinajstić information content (AvgIpc) is 3.28. The number of benzene rings is 2. The number of nitrogens with zero attached hydrogens (tertiary/aromatic N) is 3. The molecule has 0 bridgehead atoms. The largest absolute Gasteiger partial charge is 0.507 e. The predicted octanol–water partition coefficient (Wildman–Crippen LogP) is 4.28. The number of aromatic hydroxyl groups is 1. The van der Waals surface area contributed by atoms with E-state index in [1.54, 1.807) is 17.0 Å². The Morgan fingerprint density at radius 1 is 1.15 bits per heavy atom. The van der Waals surface area contributed by atoms with E-state index in [9.17, 15) is 9.90 Å². The number of phenols is 1. The molecule has 2 aromatic rings. The van der Waals surface area contributed by atoms with E-state index in [0.29, 0.717) is 45.6 Å². The number of ether oxygens (including phenoxy) is 3. The van der Waals surface area contributed by atoms with Gasteiger partial charge in [-0.3, -0.25) is 0 Å². The minimum atomic E-state index is -0.708. The zero-order valence-electron chi connectivity index (χ0n) is 19.0. The zero-order valence-corrected chi connectivity index (χ0v) is 19.0. The molecular weight excluding hydrogens is 422 g/mol. The molecule has 3 aliphatic rings. The van der Waals surface area contributed by atoms with Crippen LogP contribution in [0.2, 0.25) is 0 Å². The third-order valence-electron chi connectivity index (χ3n) is 6.57. The van der Waals surface area contributed by atoms with E-state index >= 15 is 0 Å². The van der Waals surface area contributed by atoms with E-state index in [4.69, 9.17) is 19.3 Å². The van der Waals surface area contributed by atoms with Crippen molar-refractivity contribution in [1.82, 2.24) is 9.91 Å². The second kappa shape index (κ2) is 8.50. The van der Waals surface area contributed by atoms with Crippen LogP contribution in [0.1, 0.15) is 50.3 Å². The molecule has 1 saturated heterocycles. The number of carbonyl (C=O) groups is 1. The first kappa shape index (κ1) is 21.4. The maximum atomic E-state index is 12.3. The number of phenolic OH excluding ortho intramolecular Hbond substituents is 1. The lowest BCUT2D eigenvalue weighted by Crippen LogP contribution is -2.59. The molecule has 3 aliphatic heterocycles. The lowest BCUT2D eigenvalue weighted by Gasteiger charge is -2.51. The zero-order chi connectivity index (χ0) is 23.0. The molecule has 1 amide bonds. The number of fused-ring (bicyclic) bond motifs is 4. The Labute approximate surface area is 193 Å². The highest BCUT2D eigenvalue weighted by Gasteiger charge is 2.53. The summed E-state index contributed by atoms with van der Waals surface area (Å²) >= 11 is 0. The Morgan fingerprint density at radius 3 is 2.67 bits per heavy atom. The van der Waals surface area contributed by atoms with Crippen LogP contribution in [0.3, 0.4) is 0 Å². The first-order valence-corrected chi connectivity index (χ1v) is 11.6.